The van der Waals surface area contributed by atoms with Gasteiger partial charge in [-0.05, 0) is 0 Å². The summed E-state index contributed by atoms with van der Waals surface area (Å²) in [5.74, 6) is 0.106. The molecule has 1 rings (SSSR count). The highest BCUT2D eigenvalue weighted by atomic mass is 16.3. The summed E-state index contributed by atoms with van der Waals surface area (Å²) in [4.78, 5) is 0. The monoisotopic (exact) mass is 87.0 g/mol. The number of nitrogens with one attached hydrogen (secondary N) is 3. The lowest BCUT2D eigenvalue weighted by Crippen LogP contribution is -2.31. The average molecular weight is 87.1 g/mol. The summed E-state index contributed by atoms with van der Waals surface area (Å²) in [6, 6.07) is 0. The van der Waals surface area contributed by atoms with Gasteiger partial charge in [0.1, 0.15) is 0 Å². The van der Waals surface area contributed by atoms with Crippen LogP contribution in [0.4, 0.5) is 0 Å². The van der Waals surface area contributed by atoms with Crippen LogP contribution in [0.5, 0.6) is 0 Å². The van der Waals surface area contributed by atoms with Gasteiger partial charge in [0.05, 0.1) is 6.20 Å². The first-order chi connectivity index (χ1) is 2.89. The number of aliphatic hydroxyl groups excluding tert-OH is 1. The first kappa shape index (κ1) is 3.30. The summed E-state index contributed by atoms with van der Waals surface area (Å²) in [6.07, 6.45) is 1.40. The topological polar surface area (TPSA) is 56.3 Å². The van der Waals surface area contributed by atoms with Crippen molar-refractivity contribution in [2.24, 2.45) is 0 Å². The first-order valence-electron chi connectivity index (χ1n) is 1.55. The molecule has 0 bridgehead atoms. The zero-order valence-corrected chi connectivity index (χ0v) is 3.02. The van der Waals surface area contributed by atoms with Gasteiger partial charge < -0.3 is 10.5 Å². The molecule has 0 fully saturated rings. The van der Waals surface area contributed by atoms with Crippen molar-refractivity contribution in [2.45, 2.75) is 0 Å². The zero-order valence-electron chi connectivity index (χ0n) is 3.02. The van der Waals surface area contributed by atoms with E-state index in [4.69, 9.17) is 5.11 Å². The highest BCUT2D eigenvalue weighted by Gasteiger charge is 1.92. The Balaban J connectivity index is 2.45. The second-order valence-electron chi connectivity index (χ2n) is 0.924. The SMILES string of the molecule is OC1=CNNN1. The Labute approximate surface area is 34.8 Å². The standard InChI is InChI=1S/C2H5N3O/c6-2-1-3-5-4-2/h1,3-6H. The van der Waals surface area contributed by atoms with E-state index in [1.54, 1.807) is 0 Å². The van der Waals surface area contributed by atoms with E-state index in [-0.39, 0.29) is 5.88 Å². The molecule has 0 atom stereocenters. The minimum Gasteiger partial charge on any atom is -0.493 e. The fourth-order valence-corrected chi connectivity index (χ4v) is 0.241. The number of aliphatic hydroxyl groups is 1. The molecule has 0 saturated carbocycles. The molecule has 0 amide bonds. The van der Waals surface area contributed by atoms with Crippen molar-refractivity contribution in [2.75, 3.05) is 0 Å². The predicted octanol–water partition coefficient (Wildman–Crippen LogP) is -1.04. The van der Waals surface area contributed by atoms with Gasteiger partial charge in [-0.1, -0.05) is 0 Å². The molecule has 1 aliphatic heterocycles. The van der Waals surface area contributed by atoms with Crippen LogP contribution in [0.2, 0.25) is 0 Å². The van der Waals surface area contributed by atoms with Gasteiger partial charge in [0.2, 0.25) is 5.88 Å². The molecule has 0 aromatic carbocycles. The van der Waals surface area contributed by atoms with Crippen LogP contribution in [-0.2, 0) is 0 Å². The van der Waals surface area contributed by atoms with Gasteiger partial charge in [0.15, 0.2) is 0 Å². The summed E-state index contributed by atoms with van der Waals surface area (Å²) in [5, 5.41) is 8.35. The van der Waals surface area contributed by atoms with Crippen LogP contribution >= 0.6 is 0 Å². The lowest BCUT2D eigenvalue weighted by atomic mass is 10.9. The van der Waals surface area contributed by atoms with Crippen LogP contribution in [0.1, 0.15) is 0 Å². The molecule has 1 heterocycles. The van der Waals surface area contributed by atoms with E-state index in [1.807, 2.05) is 0 Å². The Kier molecular flexibility index (Phi) is 0.582. The van der Waals surface area contributed by atoms with Gasteiger partial charge in [-0.2, -0.15) is 0 Å². The second-order valence-corrected chi connectivity index (χ2v) is 0.924. The summed E-state index contributed by atoms with van der Waals surface area (Å²) in [5.41, 5.74) is 7.30. The molecule has 0 aliphatic carbocycles. The molecule has 0 aromatic rings. The molecular formula is C2H5N3O. The third-order valence-corrected chi connectivity index (χ3v) is 0.472. The molecule has 4 heteroatoms. The summed E-state index contributed by atoms with van der Waals surface area (Å²) < 4.78 is 0. The second kappa shape index (κ2) is 1.06. The van der Waals surface area contributed by atoms with Gasteiger partial charge in [-0.15, -0.1) is 5.53 Å². The fraction of sp³-hybridized carbons (Fsp3) is 0. The molecule has 6 heavy (non-hydrogen) atoms. The smallest absolute Gasteiger partial charge is 0.218 e. The quantitative estimate of drug-likeness (QED) is 0.305. The van der Waals surface area contributed by atoms with Crippen molar-refractivity contribution in [1.82, 2.24) is 16.4 Å². The molecule has 0 spiro atoms. The number of rotatable bonds is 0. The molecular weight excluding hydrogens is 82.0 g/mol. The van der Waals surface area contributed by atoms with E-state index in [0.717, 1.165) is 0 Å². The Morgan fingerprint density at radius 2 is 2.50 bits per heavy atom. The Morgan fingerprint density at radius 3 is 2.67 bits per heavy atom. The zero-order chi connectivity index (χ0) is 4.41. The Bertz CT molecular complexity index is 78.9. The van der Waals surface area contributed by atoms with E-state index >= 15 is 0 Å². The molecule has 0 unspecified atom stereocenters. The number of hydrogen-bond acceptors (Lipinski definition) is 4. The fourth-order valence-electron chi connectivity index (χ4n) is 0.241. The highest BCUT2D eigenvalue weighted by Crippen LogP contribution is 1.75. The van der Waals surface area contributed by atoms with Gasteiger partial charge >= 0.3 is 0 Å². The lowest BCUT2D eigenvalue weighted by molar-refractivity contribution is 0.358. The van der Waals surface area contributed by atoms with E-state index in [0.29, 0.717) is 0 Å². The summed E-state index contributed by atoms with van der Waals surface area (Å²) >= 11 is 0. The number of hydrogen-bond donors (Lipinski definition) is 4. The van der Waals surface area contributed by atoms with E-state index < -0.39 is 0 Å². The highest BCUT2D eigenvalue weighted by molar-refractivity contribution is 4.87. The van der Waals surface area contributed by atoms with E-state index in [1.165, 1.54) is 6.20 Å². The molecule has 1 aliphatic rings. The van der Waals surface area contributed by atoms with Gasteiger partial charge in [-0.3, -0.25) is 5.43 Å². The predicted molar refractivity (Wildman–Crippen MR) is 20.1 cm³/mol. The van der Waals surface area contributed by atoms with Crippen LogP contribution in [-0.4, -0.2) is 5.11 Å². The third kappa shape index (κ3) is 0.367. The minimum atomic E-state index is 0.106. The van der Waals surface area contributed by atoms with Crippen LogP contribution < -0.4 is 16.4 Å². The minimum absolute atomic E-state index is 0.106. The lowest BCUT2D eigenvalue weighted by Gasteiger charge is -1.89. The van der Waals surface area contributed by atoms with Crippen LogP contribution in [0, 0.1) is 0 Å². The molecule has 4 N–H and O–H groups in total. The van der Waals surface area contributed by atoms with Crippen LogP contribution in [0.3, 0.4) is 0 Å². The number of hydrazine groups is 2. The van der Waals surface area contributed by atoms with Crippen LogP contribution in [0.25, 0.3) is 0 Å². The maximum atomic E-state index is 8.35. The van der Waals surface area contributed by atoms with Crippen molar-refractivity contribution in [3.63, 3.8) is 0 Å². The molecule has 0 saturated heterocycles. The van der Waals surface area contributed by atoms with Gasteiger partial charge in [0, 0.05) is 0 Å². The molecule has 0 radical (unpaired) electrons. The van der Waals surface area contributed by atoms with Gasteiger partial charge in [-0.25, -0.2) is 0 Å². The van der Waals surface area contributed by atoms with Crippen molar-refractivity contribution in [1.29, 1.82) is 0 Å². The Morgan fingerprint density at radius 1 is 1.67 bits per heavy atom. The average Bonchev–Trinajstić information content (AvgIpc) is 1.86. The van der Waals surface area contributed by atoms with Crippen molar-refractivity contribution in [3.05, 3.63) is 12.1 Å². The van der Waals surface area contributed by atoms with Crippen molar-refractivity contribution in [3.8, 4) is 0 Å². The summed E-state index contributed by atoms with van der Waals surface area (Å²) in [7, 11) is 0. The summed E-state index contributed by atoms with van der Waals surface area (Å²) in [6.45, 7) is 0. The van der Waals surface area contributed by atoms with Crippen molar-refractivity contribution >= 4 is 0 Å². The largest absolute Gasteiger partial charge is 0.493 e. The Hall–Kier alpha value is -0.900. The normalized spacial score (nSPS) is 18.3. The van der Waals surface area contributed by atoms with Crippen molar-refractivity contribution < 1.29 is 5.11 Å². The molecule has 0 aromatic heterocycles. The maximum Gasteiger partial charge on any atom is 0.218 e. The van der Waals surface area contributed by atoms with Crippen LogP contribution in [0.15, 0.2) is 12.1 Å². The molecule has 4 nitrogen and oxygen atoms in total. The maximum absolute atomic E-state index is 8.35. The van der Waals surface area contributed by atoms with E-state index in [9.17, 15) is 0 Å². The first-order valence-corrected chi connectivity index (χ1v) is 1.55. The van der Waals surface area contributed by atoms with E-state index in [2.05, 4.69) is 16.4 Å². The molecule has 34 valence electrons. The third-order valence-electron chi connectivity index (χ3n) is 0.472. The van der Waals surface area contributed by atoms with Gasteiger partial charge in [0.25, 0.3) is 0 Å².